The summed E-state index contributed by atoms with van der Waals surface area (Å²) < 4.78 is 4.52. The summed E-state index contributed by atoms with van der Waals surface area (Å²) in [6.45, 7) is 0.611. The molecule has 106 valence electrons. The second kappa shape index (κ2) is 8.19. The highest BCUT2D eigenvalue weighted by Crippen LogP contribution is 2.12. The van der Waals surface area contributed by atoms with E-state index in [0.717, 1.165) is 4.88 Å². The first-order chi connectivity index (χ1) is 9.04. The molecule has 0 aliphatic carbocycles. The van der Waals surface area contributed by atoms with E-state index in [1.165, 1.54) is 18.9 Å². The number of nitrogens with two attached hydrogens (primary N) is 1. The van der Waals surface area contributed by atoms with Gasteiger partial charge in [0.1, 0.15) is 6.04 Å². The van der Waals surface area contributed by atoms with Gasteiger partial charge in [0.05, 0.1) is 19.4 Å². The molecule has 0 aromatic carbocycles. The molecule has 0 saturated heterocycles. The Balaban J connectivity index is 2.25. The SMILES string of the molecule is COC(=O)C(N)CSCC(=O)N(C)Cc1cccs1. The molecule has 1 aromatic rings. The first-order valence-corrected chi connectivity index (χ1v) is 7.75. The zero-order chi connectivity index (χ0) is 14.3. The molecule has 1 rings (SSSR count). The Morgan fingerprint density at radius 1 is 1.58 bits per heavy atom. The maximum absolute atomic E-state index is 11.8. The lowest BCUT2D eigenvalue weighted by atomic mass is 10.4. The maximum atomic E-state index is 11.8. The summed E-state index contributed by atoms with van der Waals surface area (Å²) >= 11 is 2.96. The van der Waals surface area contributed by atoms with E-state index in [9.17, 15) is 9.59 Å². The molecular formula is C12H18N2O3S2. The summed E-state index contributed by atoms with van der Waals surface area (Å²) in [6, 6.07) is 3.28. The monoisotopic (exact) mass is 302 g/mol. The summed E-state index contributed by atoms with van der Waals surface area (Å²) in [5.74, 6) is 0.264. The Hall–Kier alpha value is -1.05. The molecule has 2 N–H and O–H groups in total. The summed E-state index contributed by atoms with van der Waals surface area (Å²) in [6.07, 6.45) is 0. The van der Waals surface area contributed by atoms with E-state index < -0.39 is 12.0 Å². The lowest BCUT2D eigenvalue weighted by Gasteiger charge is -2.16. The molecule has 0 aliphatic heterocycles. The molecule has 1 atom stereocenters. The largest absolute Gasteiger partial charge is 0.468 e. The van der Waals surface area contributed by atoms with Gasteiger partial charge in [0.2, 0.25) is 5.91 Å². The number of carbonyl (C=O) groups is 2. The minimum absolute atomic E-state index is 0.0236. The van der Waals surface area contributed by atoms with Crippen LogP contribution in [-0.4, -0.2) is 48.5 Å². The third-order valence-corrected chi connectivity index (χ3v) is 4.33. The highest BCUT2D eigenvalue weighted by Gasteiger charge is 2.15. The van der Waals surface area contributed by atoms with Gasteiger partial charge in [0, 0.05) is 17.7 Å². The van der Waals surface area contributed by atoms with Crippen molar-refractivity contribution < 1.29 is 14.3 Å². The highest BCUT2D eigenvalue weighted by molar-refractivity contribution is 8.00. The van der Waals surface area contributed by atoms with Crippen LogP contribution >= 0.6 is 23.1 Å². The van der Waals surface area contributed by atoms with Crippen LogP contribution in [0.1, 0.15) is 4.88 Å². The molecule has 0 bridgehead atoms. The number of esters is 1. The van der Waals surface area contributed by atoms with Crippen molar-refractivity contribution in [2.75, 3.05) is 25.7 Å². The predicted octanol–water partition coefficient (Wildman–Crippen LogP) is 0.940. The van der Waals surface area contributed by atoms with Crippen molar-refractivity contribution in [3.8, 4) is 0 Å². The number of rotatable bonds is 7. The Bertz CT molecular complexity index is 409. The summed E-state index contributed by atoms with van der Waals surface area (Å²) in [4.78, 5) is 25.7. The maximum Gasteiger partial charge on any atom is 0.323 e. The smallest absolute Gasteiger partial charge is 0.323 e. The van der Waals surface area contributed by atoms with E-state index in [4.69, 9.17) is 5.73 Å². The van der Waals surface area contributed by atoms with Gasteiger partial charge in [-0.25, -0.2) is 0 Å². The third kappa shape index (κ3) is 5.63. The lowest BCUT2D eigenvalue weighted by molar-refractivity contribution is -0.141. The van der Waals surface area contributed by atoms with Gasteiger partial charge in [-0.3, -0.25) is 9.59 Å². The van der Waals surface area contributed by atoms with Crippen LogP contribution in [0.3, 0.4) is 0 Å². The van der Waals surface area contributed by atoms with Gasteiger partial charge >= 0.3 is 5.97 Å². The first kappa shape index (κ1) is 16.0. The van der Waals surface area contributed by atoms with Crippen LogP contribution < -0.4 is 5.73 Å². The number of thiophene rings is 1. The van der Waals surface area contributed by atoms with Crippen molar-refractivity contribution in [1.29, 1.82) is 0 Å². The van der Waals surface area contributed by atoms with Gasteiger partial charge < -0.3 is 15.4 Å². The van der Waals surface area contributed by atoms with Crippen LogP contribution in [0.25, 0.3) is 0 Å². The zero-order valence-electron chi connectivity index (χ0n) is 11.0. The van der Waals surface area contributed by atoms with Crippen molar-refractivity contribution in [2.45, 2.75) is 12.6 Å². The second-order valence-electron chi connectivity index (χ2n) is 3.97. The van der Waals surface area contributed by atoms with E-state index in [1.807, 2.05) is 17.5 Å². The molecule has 0 saturated carbocycles. The quantitative estimate of drug-likeness (QED) is 0.759. The Kier molecular flexibility index (Phi) is 6.90. The topological polar surface area (TPSA) is 72.6 Å². The normalized spacial score (nSPS) is 11.9. The average molecular weight is 302 g/mol. The fourth-order valence-electron chi connectivity index (χ4n) is 1.33. The van der Waals surface area contributed by atoms with Gasteiger partial charge in [-0.15, -0.1) is 23.1 Å². The standard InChI is InChI=1S/C12H18N2O3S2/c1-14(6-9-4-3-5-19-9)11(15)8-18-7-10(13)12(16)17-2/h3-5,10H,6-8,13H2,1-2H3. The number of methoxy groups -OCH3 is 1. The van der Waals surface area contributed by atoms with Crippen LogP contribution in [0, 0.1) is 0 Å². The van der Waals surface area contributed by atoms with Crippen LogP contribution in [0.5, 0.6) is 0 Å². The van der Waals surface area contributed by atoms with Crippen LogP contribution in [0.15, 0.2) is 17.5 Å². The number of carbonyl (C=O) groups excluding carboxylic acids is 2. The second-order valence-corrected chi connectivity index (χ2v) is 6.04. The molecule has 0 spiro atoms. The number of thioether (sulfide) groups is 1. The minimum atomic E-state index is -0.676. The van der Waals surface area contributed by atoms with Gasteiger partial charge in [0.25, 0.3) is 0 Å². The van der Waals surface area contributed by atoms with Crippen molar-refractivity contribution in [3.05, 3.63) is 22.4 Å². The van der Waals surface area contributed by atoms with Crippen LogP contribution in [-0.2, 0) is 20.9 Å². The van der Waals surface area contributed by atoms with Crippen molar-refractivity contribution in [1.82, 2.24) is 4.90 Å². The highest BCUT2D eigenvalue weighted by atomic mass is 32.2. The molecule has 0 aliphatic rings. The van der Waals surface area contributed by atoms with Crippen molar-refractivity contribution >= 4 is 35.0 Å². The molecule has 19 heavy (non-hydrogen) atoms. The van der Waals surface area contributed by atoms with E-state index in [-0.39, 0.29) is 5.91 Å². The Morgan fingerprint density at radius 2 is 2.32 bits per heavy atom. The molecule has 5 nitrogen and oxygen atoms in total. The molecule has 7 heteroatoms. The molecule has 1 heterocycles. The lowest BCUT2D eigenvalue weighted by Crippen LogP contribution is -2.35. The summed E-state index contributed by atoms with van der Waals surface area (Å²) in [5, 5.41) is 1.98. The molecule has 0 fully saturated rings. The molecule has 1 amide bonds. The Labute approximate surface area is 121 Å². The first-order valence-electron chi connectivity index (χ1n) is 5.72. The van der Waals surface area contributed by atoms with Crippen molar-refractivity contribution in [3.63, 3.8) is 0 Å². The molecule has 1 aromatic heterocycles. The van der Waals surface area contributed by atoms with Gasteiger partial charge in [-0.1, -0.05) is 6.07 Å². The van der Waals surface area contributed by atoms with Crippen molar-refractivity contribution in [2.24, 2.45) is 5.73 Å². The number of amides is 1. The number of hydrogen-bond donors (Lipinski definition) is 1. The fourth-order valence-corrected chi connectivity index (χ4v) is 2.99. The van der Waals surface area contributed by atoms with Crippen LogP contribution in [0.2, 0.25) is 0 Å². The number of nitrogens with zero attached hydrogens (tertiary/aromatic N) is 1. The van der Waals surface area contributed by atoms with Gasteiger partial charge in [-0.2, -0.15) is 0 Å². The van der Waals surface area contributed by atoms with Gasteiger partial charge in [0.15, 0.2) is 0 Å². The number of ether oxygens (including phenoxy) is 1. The fraction of sp³-hybridized carbons (Fsp3) is 0.500. The van der Waals surface area contributed by atoms with E-state index in [2.05, 4.69) is 4.74 Å². The molecular weight excluding hydrogens is 284 g/mol. The zero-order valence-corrected chi connectivity index (χ0v) is 12.6. The van der Waals surface area contributed by atoms with E-state index >= 15 is 0 Å². The molecule has 0 radical (unpaired) electrons. The third-order valence-electron chi connectivity index (χ3n) is 2.43. The molecule has 1 unspecified atom stereocenters. The average Bonchev–Trinajstić information content (AvgIpc) is 2.90. The Morgan fingerprint density at radius 3 is 2.89 bits per heavy atom. The van der Waals surface area contributed by atoms with Crippen LogP contribution in [0.4, 0.5) is 0 Å². The minimum Gasteiger partial charge on any atom is -0.468 e. The van der Waals surface area contributed by atoms with E-state index in [1.54, 1.807) is 23.3 Å². The van der Waals surface area contributed by atoms with Gasteiger partial charge in [-0.05, 0) is 11.4 Å². The predicted molar refractivity (Wildman–Crippen MR) is 78.1 cm³/mol. The summed E-state index contributed by atoms with van der Waals surface area (Å²) in [7, 11) is 3.07. The van der Waals surface area contributed by atoms with E-state index in [0.29, 0.717) is 18.1 Å². The summed E-state index contributed by atoms with van der Waals surface area (Å²) in [5.41, 5.74) is 5.58. The number of hydrogen-bond acceptors (Lipinski definition) is 6.